The maximum atomic E-state index is 12.3. The van der Waals surface area contributed by atoms with Crippen LogP contribution in [0, 0.1) is 0 Å². The lowest BCUT2D eigenvalue weighted by Gasteiger charge is -2.33. The third kappa shape index (κ3) is 7.43. The van der Waals surface area contributed by atoms with Gasteiger partial charge in [-0.05, 0) is 29.0 Å². The molecule has 2 aromatic rings. The molecule has 1 aliphatic heterocycles. The van der Waals surface area contributed by atoms with Crippen LogP contribution in [-0.2, 0) is 11.2 Å². The van der Waals surface area contributed by atoms with Crippen LogP contribution < -0.4 is 5.32 Å². The molecule has 1 N–H and O–H groups in total. The number of piperazine rings is 1. The van der Waals surface area contributed by atoms with Gasteiger partial charge < -0.3 is 5.32 Å². The average Bonchev–Trinajstić information content (AvgIpc) is 2.76. The minimum atomic E-state index is 0.131. The third-order valence-corrected chi connectivity index (χ3v) is 5.69. The van der Waals surface area contributed by atoms with E-state index in [4.69, 9.17) is 0 Å². The third-order valence-electron chi connectivity index (χ3n) is 5.69. The molecule has 0 aromatic heterocycles. The quantitative estimate of drug-likeness (QED) is 0.689. The van der Waals surface area contributed by atoms with E-state index in [0.717, 1.165) is 39.1 Å². The Morgan fingerprint density at radius 2 is 1.63 bits per heavy atom. The van der Waals surface area contributed by atoms with Gasteiger partial charge in [0.25, 0.3) is 0 Å². The van der Waals surface area contributed by atoms with E-state index in [1.165, 1.54) is 16.7 Å². The van der Waals surface area contributed by atoms with Crippen LogP contribution in [0.1, 0.15) is 36.5 Å². The lowest BCUT2D eigenvalue weighted by Crippen LogP contribution is -2.49. The molecule has 0 bridgehead atoms. The first-order valence-electron chi connectivity index (χ1n) is 11.1. The summed E-state index contributed by atoms with van der Waals surface area (Å²) in [6.07, 6.45) is 5.28. The number of amides is 1. The van der Waals surface area contributed by atoms with Crippen LogP contribution in [0.5, 0.6) is 0 Å². The van der Waals surface area contributed by atoms with E-state index in [0.29, 0.717) is 19.0 Å². The molecule has 0 atom stereocenters. The zero-order chi connectivity index (χ0) is 21.2. The fourth-order valence-corrected chi connectivity index (χ4v) is 3.71. The number of hydrogen-bond acceptors (Lipinski definition) is 3. The Kier molecular flexibility index (Phi) is 8.66. The van der Waals surface area contributed by atoms with Crippen molar-refractivity contribution in [2.75, 3.05) is 45.8 Å². The minimum Gasteiger partial charge on any atom is -0.355 e. The number of rotatable bonds is 9. The summed E-state index contributed by atoms with van der Waals surface area (Å²) in [5.41, 5.74) is 3.87. The molecule has 1 heterocycles. The molecular formula is C26H35N3O. The number of carbonyl (C=O) groups is 1. The van der Waals surface area contributed by atoms with Crippen molar-refractivity contribution in [1.82, 2.24) is 15.1 Å². The molecule has 0 saturated carbocycles. The van der Waals surface area contributed by atoms with Gasteiger partial charge in [-0.1, -0.05) is 80.6 Å². The van der Waals surface area contributed by atoms with Crippen LogP contribution >= 0.6 is 0 Å². The number of hydrogen-bond donors (Lipinski definition) is 1. The molecule has 160 valence electrons. The fraction of sp³-hybridized carbons (Fsp3) is 0.423. The molecule has 2 aromatic carbocycles. The van der Waals surface area contributed by atoms with Crippen LogP contribution in [0.15, 0.2) is 60.7 Å². The van der Waals surface area contributed by atoms with Crippen molar-refractivity contribution in [3.05, 3.63) is 77.4 Å². The molecule has 3 rings (SSSR count). The number of carbonyl (C=O) groups excluding carboxylic acids is 1. The molecule has 4 heteroatoms. The SMILES string of the molecule is CC(C)c1ccc(CCNC(=O)CN2CCN(C/C=C/c3ccccc3)CC2)cc1. The Morgan fingerprint density at radius 3 is 2.30 bits per heavy atom. The summed E-state index contributed by atoms with van der Waals surface area (Å²) >= 11 is 0. The number of benzene rings is 2. The fourth-order valence-electron chi connectivity index (χ4n) is 3.71. The predicted octanol–water partition coefficient (Wildman–Crippen LogP) is 3.80. The molecule has 1 saturated heterocycles. The van der Waals surface area contributed by atoms with Gasteiger partial charge in [0.2, 0.25) is 5.91 Å². The van der Waals surface area contributed by atoms with E-state index in [2.05, 4.69) is 89.6 Å². The zero-order valence-electron chi connectivity index (χ0n) is 18.4. The van der Waals surface area contributed by atoms with Gasteiger partial charge in [-0.25, -0.2) is 0 Å². The molecule has 1 fully saturated rings. The summed E-state index contributed by atoms with van der Waals surface area (Å²) in [5, 5.41) is 3.07. The van der Waals surface area contributed by atoms with E-state index in [9.17, 15) is 4.79 Å². The van der Waals surface area contributed by atoms with E-state index in [-0.39, 0.29) is 5.91 Å². The van der Waals surface area contributed by atoms with Crippen LogP contribution in [0.2, 0.25) is 0 Å². The molecule has 1 amide bonds. The van der Waals surface area contributed by atoms with E-state index in [1.807, 2.05) is 6.07 Å². The molecule has 0 spiro atoms. The van der Waals surface area contributed by atoms with Crippen molar-refractivity contribution < 1.29 is 4.79 Å². The summed E-state index contributed by atoms with van der Waals surface area (Å²) in [7, 11) is 0. The largest absolute Gasteiger partial charge is 0.355 e. The Balaban J connectivity index is 1.29. The summed E-state index contributed by atoms with van der Waals surface area (Å²) in [5.74, 6) is 0.685. The monoisotopic (exact) mass is 405 g/mol. The van der Waals surface area contributed by atoms with Gasteiger partial charge in [0.05, 0.1) is 6.54 Å². The highest BCUT2D eigenvalue weighted by atomic mass is 16.2. The summed E-state index contributed by atoms with van der Waals surface area (Å²) < 4.78 is 0. The average molecular weight is 406 g/mol. The second kappa shape index (κ2) is 11.7. The lowest BCUT2D eigenvalue weighted by molar-refractivity contribution is -0.122. The van der Waals surface area contributed by atoms with Crippen molar-refractivity contribution in [3.8, 4) is 0 Å². The minimum absolute atomic E-state index is 0.131. The first kappa shape index (κ1) is 22.3. The molecule has 4 nitrogen and oxygen atoms in total. The second-order valence-corrected chi connectivity index (χ2v) is 8.39. The second-order valence-electron chi connectivity index (χ2n) is 8.39. The Labute approximate surface area is 181 Å². The maximum Gasteiger partial charge on any atom is 0.234 e. The van der Waals surface area contributed by atoms with Gasteiger partial charge in [0, 0.05) is 39.3 Å². The van der Waals surface area contributed by atoms with Crippen molar-refractivity contribution in [1.29, 1.82) is 0 Å². The molecule has 0 aliphatic carbocycles. The van der Waals surface area contributed by atoms with Gasteiger partial charge in [-0.3, -0.25) is 14.6 Å². The highest BCUT2D eigenvalue weighted by Crippen LogP contribution is 2.14. The molecule has 0 unspecified atom stereocenters. The van der Waals surface area contributed by atoms with Crippen LogP contribution in [-0.4, -0.2) is 61.5 Å². The first-order chi connectivity index (χ1) is 14.6. The van der Waals surface area contributed by atoms with Crippen molar-refractivity contribution >= 4 is 12.0 Å². The molecule has 0 radical (unpaired) electrons. The smallest absolute Gasteiger partial charge is 0.234 e. The zero-order valence-corrected chi connectivity index (χ0v) is 18.4. The van der Waals surface area contributed by atoms with Crippen LogP contribution in [0.25, 0.3) is 6.08 Å². The van der Waals surface area contributed by atoms with E-state index < -0.39 is 0 Å². The van der Waals surface area contributed by atoms with Crippen molar-refractivity contribution in [3.63, 3.8) is 0 Å². The topological polar surface area (TPSA) is 35.6 Å². The highest BCUT2D eigenvalue weighted by Gasteiger charge is 2.17. The highest BCUT2D eigenvalue weighted by molar-refractivity contribution is 5.78. The van der Waals surface area contributed by atoms with Crippen LogP contribution in [0.3, 0.4) is 0 Å². The first-order valence-corrected chi connectivity index (χ1v) is 11.1. The van der Waals surface area contributed by atoms with Crippen LogP contribution in [0.4, 0.5) is 0 Å². The molecule has 30 heavy (non-hydrogen) atoms. The van der Waals surface area contributed by atoms with E-state index in [1.54, 1.807) is 0 Å². The van der Waals surface area contributed by atoms with Gasteiger partial charge in [0.1, 0.15) is 0 Å². The summed E-state index contributed by atoms with van der Waals surface area (Å²) in [4.78, 5) is 17.0. The lowest BCUT2D eigenvalue weighted by atomic mass is 10.0. The molecule has 1 aliphatic rings. The van der Waals surface area contributed by atoms with Gasteiger partial charge >= 0.3 is 0 Å². The van der Waals surface area contributed by atoms with Crippen molar-refractivity contribution in [2.45, 2.75) is 26.2 Å². The van der Waals surface area contributed by atoms with Gasteiger partial charge in [-0.15, -0.1) is 0 Å². The number of nitrogens with zero attached hydrogens (tertiary/aromatic N) is 2. The normalized spacial score (nSPS) is 15.7. The standard InChI is InChI=1S/C26H35N3O/c1-22(2)25-12-10-24(11-13-25)14-15-27-26(30)21-29-19-17-28(18-20-29)16-6-9-23-7-4-3-5-8-23/h3-13,22H,14-21H2,1-2H3,(H,27,30)/b9-6+. The van der Waals surface area contributed by atoms with E-state index >= 15 is 0 Å². The number of nitrogens with one attached hydrogen (secondary N) is 1. The maximum absolute atomic E-state index is 12.3. The molecular weight excluding hydrogens is 370 g/mol. The van der Waals surface area contributed by atoms with Gasteiger partial charge in [-0.2, -0.15) is 0 Å². The summed E-state index contributed by atoms with van der Waals surface area (Å²) in [6.45, 7) is 10.5. The Morgan fingerprint density at radius 1 is 0.967 bits per heavy atom. The van der Waals surface area contributed by atoms with Crippen molar-refractivity contribution in [2.24, 2.45) is 0 Å². The Hall–Kier alpha value is -2.43. The summed E-state index contributed by atoms with van der Waals surface area (Å²) in [6, 6.07) is 19.1. The Bertz CT molecular complexity index is 791. The van der Waals surface area contributed by atoms with Gasteiger partial charge in [0.15, 0.2) is 0 Å². The predicted molar refractivity (Wildman–Crippen MR) is 126 cm³/mol.